The molecule has 0 bridgehead atoms. The van der Waals surface area contributed by atoms with Crippen LogP contribution < -0.4 is 0 Å². The molecular weight excluding hydrogens is 262 g/mol. The van der Waals surface area contributed by atoms with E-state index in [-0.39, 0.29) is 6.23 Å². The standard InChI is InChI=1S/C14H16ClN3O/c15-10-6-7-16-14-12(10)13(9-4-5-9)17-18(14)11-3-1-2-8-19-11/h6-7,9,11H,1-5,8H2. The third kappa shape index (κ3) is 1.94. The van der Waals surface area contributed by atoms with Gasteiger partial charge < -0.3 is 4.74 Å². The van der Waals surface area contributed by atoms with Crippen LogP contribution in [0.15, 0.2) is 12.3 Å². The number of hydrogen-bond donors (Lipinski definition) is 0. The van der Waals surface area contributed by atoms with Crippen LogP contribution in [0.3, 0.4) is 0 Å². The lowest BCUT2D eigenvalue weighted by Crippen LogP contribution is -2.19. The van der Waals surface area contributed by atoms with Crippen molar-refractivity contribution in [2.24, 2.45) is 0 Å². The van der Waals surface area contributed by atoms with E-state index in [1.54, 1.807) is 6.20 Å². The molecule has 1 aliphatic heterocycles. The van der Waals surface area contributed by atoms with Crippen molar-refractivity contribution in [2.75, 3.05) is 6.61 Å². The quantitative estimate of drug-likeness (QED) is 0.841. The van der Waals surface area contributed by atoms with Crippen LogP contribution >= 0.6 is 11.6 Å². The van der Waals surface area contributed by atoms with Gasteiger partial charge in [-0.2, -0.15) is 5.10 Å². The number of pyridine rings is 1. The highest BCUT2D eigenvalue weighted by Crippen LogP contribution is 2.44. The molecule has 4 nitrogen and oxygen atoms in total. The fourth-order valence-electron chi connectivity index (χ4n) is 2.81. The molecule has 2 fully saturated rings. The average molecular weight is 278 g/mol. The van der Waals surface area contributed by atoms with E-state index in [0.29, 0.717) is 5.92 Å². The molecule has 1 saturated carbocycles. The van der Waals surface area contributed by atoms with Crippen molar-refractivity contribution < 1.29 is 4.74 Å². The van der Waals surface area contributed by atoms with E-state index in [1.807, 2.05) is 10.7 Å². The Balaban J connectivity index is 1.88. The SMILES string of the molecule is Clc1ccnc2c1c(C1CC1)nn2C1CCCCO1. The summed E-state index contributed by atoms with van der Waals surface area (Å²) in [6, 6.07) is 1.85. The minimum absolute atomic E-state index is 0.0229. The molecule has 1 unspecified atom stereocenters. The molecule has 4 rings (SSSR count). The Labute approximate surface area is 116 Å². The zero-order valence-corrected chi connectivity index (χ0v) is 11.4. The normalized spacial score (nSPS) is 23.9. The minimum Gasteiger partial charge on any atom is -0.356 e. The summed E-state index contributed by atoms with van der Waals surface area (Å²) in [5, 5.41) is 6.57. The second kappa shape index (κ2) is 4.46. The highest BCUT2D eigenvalue weighted by atomic mass is 35.5. The molecule has 19 heavy (non-hydrogen) atoms. The molecule has 0 aromatic carbocycles. The van der Waals surface area contributed by atoms with E-state index in [1.165, 1.54) is 19.3 Å². The first kappa shape index (κ1) is 11.7. The predicted octanol–water partition coefficient (Wildman–Crippen LogP) is 3.66. The van der Waals surface area contributed by atoms with Crippen molar-refractivity contribution in [1.29, 1.82) is 0 Å². The monoisotopic (exact) mass is 277 g/mol. The second-order valence-corrected chi connectivity index (χ2v) is 5.82. The van der Waals surface area contributed by atoms with Crippen molar-refractivity contribution in [3.63, 3.8) is 0 Å². The Hall–Kier alpha value is -1.13. The topological polar surface area (TPSA) is 39.9 Å². The highest BCUT2D eigenvalue weighted by Gasteiger charge is 2.32. The minimum atomic E-state index is 0.0229. The van der Waals surface area contributed by atoms with Gasteiger partial charge in [0.25, 0.3) is 0 Å². The molecule has 5 heteroatoms. The van der Waals surface area contributed by atoms with Gasteiger partial charge in [-0.05, 0) is 38.2 Å². The number of hydrogen-bond acceptors (Lipinski definition) is 3. The van der Waals surface area contributed by atoms with Gasteiger partial charge >= 0.3 is 0 Å². The van der Waals surface area contributed by atoms with Crippen molar-refractivity contribution in [3.05, 3.63) is 23.0 Å². The van der Waals surface area contributed by atoms with E-state index < -0.39 is 0 Å². The summed E-state index contributed by atoms with van der Waals surface area (Å²) in [6.07, 6.45) is 7.53. The van der Waals surface area contributed by atoms with Gasteiger partial charge in [0.15, 0.2) is 11.9 Å². The molecule has 1 aliphatic carbocycles. The fourth-order valence-corrected chi connectivity index (χ4v) is 3.05. The lowest BCUT2D eigenvalue weighted by Gasteiger charge is -2.23. The summed E-state index contributed by atoms with van der Waals surface area (Å²) in [6.45, 7) is 0.811. The first-order valence-corrected chi connectivity index (χ1v) is 7.36. The summed E-state index contributed by atoms with van der Waals surface area (Å²) in [4.78, 5) is 4.48. The van der Waals surface area contributed by atoms with Gasteiger partial charge in [0.2, 0.25) is 0 Å². The van der Waals surface area contributed by atoms with Crippen LogP contribution in [-0.2, 0) is 4.74 Å². The molecule has 0 radical (unpaired) electrons. The smallest absolute Gasteiger partial charge is 0.162 e. The first-order valence-electron chi connectivity index (χ1n) is 6.99. The average Bonchev–Trinajstić information content (AvgIpc) is 3.21. The Kier molecular flexibility index (Phi) is 2.74. The predicted molar refractivity (Wildman–Crippen MR) is 73.4 cm³/mol. The summed E-state index contributed by atoms with van der Waals surface area (Å²) in [5.41, 5.74) is 1.99. The van der Waals surface area contributed by atoms with Crippen LogP contribution in [0.4, 0.5) is 0 Å². The number of rotatable bonds is 2. The third-order valence-corrected chi connectivity index (χ3v) is 4.28. The Morgan fingerprint density at radius 2 is 2.16 bits per heavy atom. The Morgan fingerprint density at radius 1 is 1.26 bits per heavy atom. The van der Waals surface area contributed by atoms with Crippen LogP contribution in [0.25, 0.3) is 11.0 Å². The molecule has 1 atom stereocenters. The molecule has 0 N–H and O–H groups in total. The van der Waals surface area contributed by atoms with E-state index in [0.717, 1.165) is 41.2 Å². The summed E-state index contributed by atoms with van der Waals surface area (Å²) < 4.78 is 7.80. The molecule has 1 saturated heterocycles. The van der Waals surface area contributed by atoms with Gasteiger partial charge in [0.1, 0.15) is 0 Å². The van der Waals surface area contributed by atoms with Crippen molar-refractivity contribution in [3.8, 4) is 0 Å². The van der Waals surface area contributed by atoms with Gasteiger partial charge in [0, 0.05) is 18.7 Å². The third-order valence-electron chi connectivity index (χ3n) is 3.96. The zero-order valence-electron chi connectivity index (χ0n) is 10.7. The Bertz CT molecular complexity index is 614. The lowest BCUT2D eigenvalue weighted by atomic mass is 10.2. The largest absolute Gasteiger partial charge is 0.356 e. The molecule has 0 amide bonds. The second-order valence-electron chi connectivity index (χ2n) is 5.42. The number of nitrogens with zero attached hydrogens (tertiary/aromatic N) is 3. The number of aromatic nitrogens is 3. The van der Waals surface area contributed by atoms with E-state index >= 15 is 0 Å². The van der Waals surface area contributed by atoms with Gasteiger partial charge in [-0.3, -0.25) is 0 Å². The lowest BCUT2D eigenvalue weighted by molar-refractivity contribution is -0.0372. The van der Waals surface area contributed by atoms with E-state index in [2.05, 4.69) is 4.98 Å². The van der Waals surface area contributed by atoms with Crippen LogP contribution in [0.5, 0.6) is 0 Å². The number of fused-ring (bicyclic) bond motifs is 1. The van der Waals surface area contributed by atoms with Crippen molar-refractivity contribution >= 4 is 22.6 Å². The maximum Gasteiger partial charge on any atom is 0.162 e. The molecule has 2 aliphatic rings. The van der Waals surface area contributed by atoms with Crippen molar-refractivity contribution in [1.82, 2.24) is 14.8 Å². The molecule has 2 aromatic heterocycles. The van der Waals surface area contributed by atoms with E-state index in [9.17, 15) is 0 Å². The number of ether oxygens (including phenoxy) is 1. The Morgan fingerprint density at radius 3 is 2.89 bits per heavy atom. The first-order chi connectivity index (χ1) is 9.34. The van der Waals surface area contributed by atoms with Gasteiger partial charge in [0.05, 0.1) is 16.1 Å². The maximum absolute atomic E-state index is 6.35. The van der Waals surface area contributed by atoms with Gasteiger partial charge in [-0.15, -0.1) is 0 Å². The number of halogens is 1. The zero-order chi connectivity index (χ0) is 12.8. The van der Waals surface area contributed by atoms with Crippen molar-refractivity contribution in [2.45, 2.75) is 44.2 Å². The molecule has 3 heterocycles. The molecule has 0 spiro atoms. The highest BCUT2D eigenvalue weighted by molar-refractivity contribution is 6.35. The molecule has 2 aromatic rings. The van der Waals surface area contributed by atoms with Crippen LogP contribution in [0.1, 0.15) is 49.9 Å². The van der Waals surface area contributed by atoms with Crippen LogP contribution in [0, 0.1) is 0 Å². The summed E-state index contributed by atoms with van der Waals surface area (Å²) >= 11 is 6.35. The maximum atomic E-state index is 6.35. The molecular formula is C14H16ClN3O. The van der Waals surface area contributed by atoms with E-state index in [4.69, 9.17) is 21.4 Å². The van der Waals surface area contributed by atoms with Gasteiger partial charge in [-0.1, -0.05) is 11.6 Å². The van der Waals surface area contributed by atoms with Crippen LogP contribution in [0.2, 0.25) is 5.02 Å². The fraction of sp³-hybridized carbons (Fsp3) is 0.571. The van der Waals surface area contributed by atoms with Gasteiger partial charge in [-0.25, -0.2) is 9.67 Å². The van der Waals surface area contributed by atoms with Crippen LogP contribution in [-0.4, -0.2) is 21.4 Å². The molecule has 100 valence electrons. The summed E-state index contributed by atoms with van der Waals surface area (Å²) in [7, 11) is 0. The summed E-state index contributed by atoms with van der Waals surface area (Å²) in [5.74, 6) is 0.564.